The molecule has 5 aliphatic rings. The number of anilines is 3. The number of H-pyrrole nitrogens is 1. The van der Waals surface area contributed by atoms with E-state index in [1.54, 1.807) is 40.3 Å². The zero-order chi connectivity index (χ0) is 109. The molecule has 49 nitrogen and oxygen atoms in total. The summed E-state index contributed by atoms with van der Waals surface area (Å²) in [6.45, 7) is 15.8. The number of rotatable bonds is 62. The number of nitrogens with one attached hydrogen (secondary N) is 9. The summed E-state index contributed by atoms with van der Waals surface area (Å²) >= 11 is 0.731. The van der Waals surface area contributed by atoms with Gasteiger partial charge in [0.25, 0.3) is 23.3 Å². The van der Waals surface area contributed by atoms with E-state index in [0.29, 0.717) is 109 Å². The van der Waals surface area contributed by atoms with Crippen molar-refractivity contribution in [3.05, 3.63) is 117 Å². The molecule has 5 aliphatic heterocycles. The summed E-state index contributed by atoms with van der Waals surface area (Å²) in [6.07, 6.45) is -2.19. The zero-order valence-electron chi connectivity index (χ0n) is 83.3. The van der Waals surface area contributed by atoms with Crippen molar-refractivity contribution in [3.8, 4) is 17.2 Å². The van der Waals surface area contributed by atoms with Crippen LogP contribution in [0.25, 0.3) is 11.2 Å². The number of fused-ring (bicyclic) bond motifs is 3. The minimum absolute atomic E-state index is 0.00164. The number of likely N-dealkylation sites (tertiary alicyclic amines) is 2. The average Bonchev–Trinajstić information content (AvgIpc) is 1.63. The van der Waals surface area contributed by atoms with Crippen molar-refractivity contribution >= 4 is 186 Å². The number of benzene rings is 3. The summed E-state index contributed by atoms with van der Waals surface area (Å²) in [4.78, 5) is 276. The van der Waals surface area contributed by atoms with E-state index in [2.05, 4.69) is 75.3 Å². The van der Waals surface area contributed by atoms with Gasteiger partial charge in [-0.15, -0.1) is 11.8 Å². The van der Waals surface area contributed by atoms with Gasteiger partial charge in [0.2, 0.25) is 41.4 Å². The Morgan fingerprint density at radius 3 is 2.00 bits per heavy atom. The van der Waals surface area contributed by atoms with Gasteiger partial charge in [-0.2, -0.15) is 4.98 Å². The van der Waals surface area contributed by atoms with Crippen molar-refractivity contribution in [2.75, 3.05) is 108 Å². The summed E-state index contributed by atoms with van der Waals surface area (Å²) in [5.41, 5.74) is 21.6. The Labute approximate surface area is 873 Å². The number of carboxylic acid groups (broad SMARTS) is 5. The predicted octanol–water partition coefficient (Wildman–Crippen LogP) is 4.82. The number of aryl methyl sites for hydroxylation is 1. The van der Waals surface area contributed by atoms with Gasteiger partial charge in [0.15, 0.2) is 46.4 Å². The number of aliphatic imine (C=N–C) groups is 1. The van der Waals surface area contributed by atoms with E-state index in [9.17, 15) is 117 Å². The van der Waals surface area contributed by atoms with Crippen LogP contribution in [0.2, 0.25) is 0 Å². The first-order valence-corrected chi connectivity index (χ1v) is 51.9. The molecule has 7 heterocycles. The van der Waals surface area contributed by atoms with Crippen molar-refractivity contribution in [2.45, 2.75) is 209 Å². The molecular formula is C98H126N20O29S3. The van der Waals surface area contributed by atoms with Crippen LogP contribution in [0.1, 0.15) is 191 Å². The van der Waals surface area contributed by atoms with E-state index in [-0.39, 0.29) is 161 Å². The maximum atomic E-state index is 14.4. The Balaban J connectivity index is 0.589. The number of ketones is 3. The van der Waals surface area contributed by atoms with Gasteiger partial charge in [0.1, 0.15) is 24.2 Å². The van der Waals surface area contributed by atoms with Crippen molar-refractivity contribution < 1.29 is 136 Å². The highest BCUT2D eigenvalue weighted by molar-refractivity contribution is 8.77. The van der Waals surface area contributed by atoms with Crippen LogP contribution >= 0.6 is 33.3 Å². The van der Waals surface area contributed by atoms with Gasteiger partial charge >= 0.3 is 35.9 Å². The first-order valence-electron chi connectivity index (χ1n) is 48.6. The maximum absolute atomic E-state index is 14.4. The molecule has 0 spiro atoms. The standard InChI is InChI=1S/C98H126N20O29S3/c1-52-32-61-47-107-68-42-75(74(143-6)40-64(68)90(136)117(61)48-52)145-29-12-8-11-28-144-73-41-65(99)63(34-54(73)3)89(135)118-49-53(2)33-70(118)92-116(27-30-146-92)97(142)147-51-98(4,5)150-149-31-22-78(123)104-25-24-103-77(122)15-9-7-10-26-115-79(124)44-76(91(115)137)148-50-58(93(138)139)37-72(121)69(43-82(129)130)112-87(133)57(39-81(127)128)36-71(120)66(14-13-23-105-95(100)101)110-86(132)56(38-80(125)126)35-62(119)20-21-67(94(140)141)111-85(131)55-16-18-59(19-17-55)106-45-60-46-108-84-83(109-60)88(134)114-96(102)113-84/h16-19,34,40-42,46-47,56-58,61,66-67,69-70,76,92,106H,1-2,7-15,20-33,35-39,43-45,48-51,99H2,3-6H3,(H,103,122)(H,104,123)(H,110,132)(H,111,131)(H,112,133)(H,125,126)(H,127,128)(H,129,130)(H,138,139)(H,140,141)(H4,100,101,105)(H3,102,108,113,114,134)/t56-,57-,58-,61-,66-,67-,69-,70-,76?,92?/m0/s1. The minimum Gasteiger partial charge on any atom is -0.493 e. The Hall–Kier alpha value is -14.8. The van der Waals surface area contributed by atoms with E-state index < -0.39 is 210 Å². The molecule has 0 aliphatic carbocycles. The third-order valence-corrected chi connectivity index (χ3v) is 29.5. The number of nitrogens with two attached hydrogens (primary N) is 3. The van der Waals surface area contributed by atoms with Crippen molar-refractivity contribution in [1.82, 2.24) is 71.4 Å². The third-order valence-electron chi connectivity index (χ3n) is 24.9. The molecule has 5 aromatic rings. The Morgan fingerprint density at radius 2 is 1.33 bits per heavy atom. The molecule has 52 heteroatoms. The molecule has 4 saturated heterocycles. The number of unbranched alkanes of at least 4 members (excludes halogenated alkanes) is 4. The van der Waals surface area contributed by atoms with Crippen molar-refractivity contribution in [1.29, 1.82) is 5.41 Å². The minimum atomic E-state index is -2.06. The van der Waals surface area contributed by atoms with Crippen LogP contribution in [0.3, 0.4) is 0 Å². The van der Waals surface area contributed by atoms with Crippen LogP contribution in [0, 0.1) is 30.1 Å². The Morgan fingerprint density at radius 1 is 0.673 bits per heavy atom. The first kappa shape index (κ1) is 117. The second-order valence-electron chi connectivity index (χ2n) is 37.2. The second-order valence-corrected chi connectivity index (χ2v) is 41.6. The van der Waals surface area contributed by atoms with E-state index in [1.165, 1.54) is 64.1 Å². The second kappa shape index (κ2) is 56.0. The normalized spacial score (nSPS) is 17.0. The van der Waals surface area contributed by atoms with Crippen LogP contribution < -0.4 is 74.2 Å². The predicted molar refractivity (Wildman–Crippen MR) is 548 cm³/mol. The molecule has 2 aromatic heterocycles. The molecule has 10 atom stereocenters. The number of aliphatic carboxylic acids is 5. The van der Waals surface area contributed by atoms with Crippen LogP contribution in [-0.2, 0) is 83.1 Å². The summed E-state index contributed by atoms with van der Waals surface area (Å²) in [5, 5.41) is 74.2. The Bertz CT molecular complexity index is 6010. The molecular weight excluding hydrogens is 2020 g/mol. The number of carboxylic acids is 5. The average molecular weight is 2140 g/mol. The van der Waals surface area contributed by atoms with Crippen LogP contribution in [0.4, 0.5) is 27.8 Å². The zero-order valence-corrected chi connectivity index (χ0v) is 85.7. The molecule has 810 valence electrons. The number of carbonyl (C=O) groups excluding carboxylic acids is 13. The number of aromatic amines is 1. The van der Waals surface area contributed by atoms with Gasteiger partial charge in [0, 0.05) is 131 Å². The lowest BCUT2D eigenvalue weighted by Gasteiger charge is -2.34. The summed E-state index contributed by atoms with van der Waals surface area (Å²) < 4.78 is 29.2. The quantitative estimate of drug-likeness (QED) is 0.00472. The highest BCUT2D eigenvalue weighted by Gasteiger charge is 2.47. The van der Waals surface area contributed by atoms with Crippen LogP contribution in [0.15, 0.2) is 88.8 Å². The monoisotopic (exact) mass is 2140 g/mol. The number of hydrogen-bond acceptors (Lipinski definition) is 35. The van der Waals surface area contributed by atoms with Gasteiger partial charge in [-0.1, -0.05) is 52.3 Å². The smallest absolute Gasteiger partial charge is 0.412 e. The lowest BCUT2D eigenvalue weighted by molar-refractivity contribution is -0.145. The van der Waals surface area contributed by atoms with Crippen molar-refractivity contribution in [2.24, 2.45) is 28.5 Å². The first-order chi connectivity index (χ1) is 71.3. The topological polar surface area (TPSA) is 738 Å². The van der Waals surface area contributed by atoms with Gasteiger partial charge in [0.05, 0.1) is 140 Å². The van der Waals surface area contributed by atoms with E-state index in [4.69, 9.17) is 46.3 Å². The number of thioether (sulfide) groups is 1. The van der Waals surface area contributed by atoms with Gasteiger partial charge in [-0.25, -0.2) is 19.6 Å². The number of carbonyl (C=O) groups is 18. The summed E-state index contributed by atoms with van der Waals surface area (Å²) in [6, 6.07) is 6.20. The number of nitrogens with zero attached hydrogens (tertiary/aromatic N) is 8. The fraction of sp³-hybridized carbons (Fsp3) is 0.510. The number of hydrogen-bond donors (Lipinski definition) is 17. The fourth-order valence-electron chi connectivity index (χ4n) is 17.0. The fourth-order valence-corrected chi connectivity index (χ4v) is 20.7. The van der Waals surface area contributed by atoms with E-state index >= 15 is 0 Å². The molecule has 4 fully saturated rings. The molecule has 0 radical (unpaired) electrons. The molecule has 0 saturated carbocycles. The van der Waals surface area contributed by atoms with Gasteiger partial charge < -0.3 is 113 Å². The van der Waals surface area contributed by atoms with Crippen molar-refractivity contribution in [3.63, 3.8) is 0 Å². The lowest BCUT2D eigenvalue weighted by atomic mass is 9.90. The number of ether oxygens (including phenoxy) is 5. The molecule has 2 unspecified atom stereocenters. The van der Waals surface area contributed by atoms with E-state index in [0.717, 1.165) is 34.2 Å². The van der Waals surface area contributed by atoms with Crippen LogP contribution in [-0.4, -0.2) is 321 Å². The lowest BCUT2D eigenvalue weighted by Crippen LogP contribution is -2.51. The number of amides is 10. The number of nitrogen functional groups attached to an aromatic ring is 2. The maximum Gasteiger partial charge on any atom is 0.412 e. The molecule has 10 amide bonds. The number of Topliss-reactive ketones (excluding diaryl/α,β-unsaturated/α-hetero) is 3. The van der Waals surface area contributed by atoms with Gasteiger partial charge in [-0.05, 0) is 127 Å². The third kappa shape index (κ3) is 34.9. The number of aromatic nitrogens is 4. The largest absolute Gasteiger partial charge is 0.493 e. The highest BCUT2D eigenvalue weighted by Crippen LogP contribution is 2.41. The summed E-state index contributed by atoms with van der Waals surface area (Å²) in [7, 11) is 4.36. The molecule has 150 heavy (non-hydrogen) atoms. The highest BCUT2D eigenvalue weighted by atomic mass is 33.1. The SMILES string of the molecule is C=C1C[C@H]2C=Nc3cc(OCCCCCOc4cc(N)c(C(=O)N5CC(=C)C[C@H]5C5OCCN5C(=O)OCC(C)(C)SSCCC(=O)NCCNC(=O)CCCCCN5C(=O)CC(SC[C@H](CC(=O)[C@H](CC(=O)O)NC(=O)[C@H](CC(=O)O)CC(=O)[C@H](CCCNC(=N)N)NC(=O)[C@H](CC(=O)O)CC(=O)CC[C@H](NC(=O)c6ccc(NCc7cnc8nc(N)[nH]c(=O)c8n7)cc6)C(=O)O)C(=O)O)C5=O)cc4C)c(OC)cc3C(=O)N2C1. The van der Waals surface area contributed by atoms with Crippen LogP contribution in [0.5, 0.6) is 17.2 Å². The molecule has 10 rings (SSSR count). The number of methoxy groups -OCH3 is 1. The molecule has 0 bridgehead atoms. The summed E-state index contributed by atoms with van der Waals surface area (Å²) in [5.74, 6) is -21.8. The number of guanidine groups is 1. The molecule has 20 N–H and O–H groups in total. The van der Waals surface area contributed by atoms with E-state index in [1.807, 2.05) is 20.8 Å². The molecule has 3 aromatic carbocycles. The Kier molecular flexibility index (Phi) is 43.7. The van der Waals surface area contributed by atoms with Gasteiger partial charge in [-0.3, -0.25) is 107 Å². The number of imide groups is 1.